The number of hydrogen-bond donors (Lipinski definition) is 1. The van der Waals surface area contributed by atoms with E-state index < -0.39 is 0 Å². The zero-order chi connectivity index (χ0) is 8.27. The van der Waals surface area contributed by atoms with Crippen molar-refractivity contribution in [1.82, 2.24) is 4.31 Å². The van der Waals surface area contributed by atoms with E-state index in [1.165, 1.54) is 32.4 Å². The molecule has 0 radical (unpaired) electrons. The highest BCUT2D eigenvalue weighted by Crippen LogP contribution is 2.25. The summed E-state index contributed by atoms with van der Waals surface area (Å²) < 4.78 is 2.18. The van der Waals surface area contributed by atoms with E-state index in [1.54, 1.807) is 0 Å². The zero-order valence-corrected chi connectivity index (χ0v) is 8.48. The molecule has 0 aromatic rings. The molecule has 1 heterocycles. The van der Waals surface area contributed by atoms with E-state index in [4.69, 9.17) is 0 Å². The molecule has 0 bridgehead atoms. The lowest BCUT2D eigenvalue weighted by Crippen LogP contribution is -2.21. The molecule has 1 aliphatic heterocycles. The Bertz CT molecular complexity index is 116. The number of hydrogen-bond acceptors (Lipinski definition) is 2. The fourth-order valence-corrected chi connectivity index (χ4v) is 2.26. The molecule has 1 saturated heterocycles. The average molecular weight is 173 g/mol. The van der Waals surface area contributed by atoms with Gasteiger partial charge in [0.2, 0.25) is 0 Å². The average Bonchev–Trinajstić information content (AvgIpc) is 2.13. The maximum absolute atomic E-state index is 4.42. The summed E-state index contributed by atoms with van der Waals surface area (Å²) in [4.78, 5) is 0. The lowest BCUT2D eigenvalue weighted by atomic mass is 9.89. The van der Waals surface area contributed by atoms with Crippen LogP contribution in [0, 0.1) is 11.8 Å². The molecule has 1 nitrogen and oxygen atoms in total. The summed E-state index contributed by atoms with van der Waals surface area (Å²) in [5, 5.41) is 0. The highest BCUT2D eigenvalue weighted by molar-refractivity contribution is 7.77. The maximum Gasteiger partial charge on any atom is 0.0118 e. The minimum atomic E-state index is 0.870. The molecular formula is C9H19NS. The second-order valence-electron chi connectivity index (χ2n) is 3.70. The van der Waals surface area contributed by atoms with Crippen LogP contribution in [0.2, 0.25) is 0 Å². The van der Waals surface area contributed by atoms with Gasteiger partial charge in [-0.25, -0.2) is 0 Å². The molecule has 1 rings (SSSR count). The molecule has 0 amide bonds. The Morgan fingerprint density at radius 1 is 1.55 bits per heavy atom. The summed E-state index contributed by atoms with van der Waals surface area (Å²) in [5.41, 5.74) is 0. The largest absolute Gasteiger partial charge is 0.253 e. The van der Waals surface area contributed by atoms with Crippen LogP contribution >= 0.6 is 12.8 Å². The summed E-state index contributed by atoms with van der Waals surface area (Å²) in [5.74, 6) is 1.77. The van der Waals surface area contributed by atoms with Gasteiger partial charge in [0, 0.05) is 13.1 Å². The highest BCUT2D eigenvalue weighted by Gasteiger charge is 2.20. The van der Waals surface area contributed by atoms with Gasteiger partial charge >= 0.3 is 0 Å². The van der Waals surface area contributed by atoms with Gasteiger partial charge in [-0.05, 0) is 24.7 Å². The van der Waals surface area contributed by atoms with E-state index in [0.29, 0.717) is 0 Å². The van der Waals surface area contributed by atoms with E-state index in [-0.39, 0.29) is 0 Å². The molecule has 2 heteroatoms. The first-order valence-corrected chi connectivity index (χ1v) is 5.07. The second-order valence-corrected chi connectivity index (χ2v) is 4.27. The molecule has 0 N–H and O–H groups in total. The molecule has 0 aliphatic carbocycles. The van der Waals surface area contributed by atoms with Crippen LogP contribution in [0.4, 0.5) is 0 Å². The Kier molecular flexibility index (Phi) is 3.73. The van der Waals surface area contributed by atoms with Crippen LogP contribution in [0.5, 0.6) is 0 Å². The van der Waals surface area contributed by atoms with Crippen molar-refractivity contribution in [2.45, 2.75) is 33.1 Å². The minimum Gasteiger partial charge on any atom is -0.253 e. The topological polar surface area (TPSA) is 3.24 Å². The van der Waals surface area contributed by atoms with Gasteiger partial charge in [0.15, 0.2) is 0 Å². The molecule has 2 unspecified atom stereocenters. The van der Waals surface area contributed by atoms with Gasteiger partial charge in [-0.2, -0.15) is 0 Å². The van der Waals surface area contributed by atoms with E-state index in [0.717, 1.165) is 11.8 Å². The van der Waals surface area contributed by atoms with Crippen LogP contribution in [-0.4, -0.2) is 17.4 Å². The van der Waals surface area contributed by atoms with Gasteiger partial charge in [0.05, 0.1) is 0 Å². The summed E-state index contributed by atoms with van der Waals surface area (Å²) in [6.07, 6.45) is 4.01. The number of nitrogens with zero attached hydrogens (tertiary/aromatic N) is 1. The molecule has 2 atom stereocenters. The fraction of sp³-hybridized carbons (Fsp3) is 1.00. The van der Waals surface area contributed by atoms with Gasteiger partial charge in [-0.1, -0.05) is 33.1 Å². The Labute approximate surface area is 75.7 Å². The van der Waals surface area contributed by atoms with Crippen LogP contribution in [0.15, 0.2) is 0 Å². The fourth-order valence-electron chi connectivity index (χ4n) is 1.90. The third-order valence-corrected chi connectivity index (χ3v) is 3.21. The Balaban J connectivity index is 2.45. The summed E-state index contributed by atoms with van der Waals surface area (Å²) >= 11 is 4.42. The molecule has 1 aliphatic rings. The van der Waals surface area contributed by atoms with Crippen LogP contribution < -0.4 is 0 Å². The normalized spacial score (nSPS) is 35.2. The van der Waals surface area contributed by atoms with Crippen molar-refractivity contribution >= 4 is 12.8 Å². The molecule has 11 heavy (non-hydrogen) atoms. The van der Waals surface area contributed by atoms with Crippen molar-refractivity contribution in [2.24, 2.45) is 11.8 Å². The van der Waals surface area contributed by atoms with Crippen molar-refractivity contribution in [3.63, 3.8) is 0 Å². The SMILES string of the molecule is CCC1CN(S)CCCC1C. The smallest absolute Gasteiger partial charge is 0.0118 e. The van der Waals surface area contributed by atoms with E-state index in [1.807, 2.05) is 0 Å². The quantitative estimate of drug-likeness (QED) is 0.597. The predicted molar refractivity (Wildman–Crippen MR) is 52.7 cm³/mol. The third kappa shape index (κ3) is 2.68. The molecular weight excluding hydrogens is 154 g/mol. The summed E-state index contributed by atoms with van der Waals surface area (Å²) in [6, 6.07) is 0. The van der Waals surface area contributed by atoms with Crippen molar-refractivity contribution in [3.8, 4) is 0 Å². The van der Waals surface area contributed by atoms with Crippen LogP contribution in [0.3, 0.4) is 0 Å². The van der Waals surface area contributed by atoms with Crippen molar-refractivity contribution in [2.75, 3.05) is 13.1 Å². The molecule has 1 fully saturated rings. The van der Waals surface area contributed by atoms with Gasteiger partial charge in [0.1, 0.15) is 0 Å². The van der Waals surface area contributed by atoms with Crippen molar-refractivity contribution in [1.29, 1.82) is 0 Å². The van der Waals surface area contributed by atoms with Crippen molar-refractivity contribution < 1.29 is 0 Å². The van der Waals surface area contributed by atoms with Crippen LogP contribution in [-0.2, 0) is 0 Å². The molecule has 0 aromatic heterocycles. The molecule has 0 aromatic carbocycles. The zero-order valence-electron chi connectivity index (χ0n) is 7.58. The minimum absolute atomic E-state index is 0.870. The van der Waals surface area contributed by atoms with Gasteiger partial charge in [0.25, 0.3) is 0 Å². The van der Waals surface area contributed by atoms with E-state index in [2.05, 4.69) is 31.0 Å². The summed E-state index contributed by atoms with van der Waals surface area (Å²) in [6.45, 7) is 7.01. The Morgan fingerprint density at radius 3 is 2.91 bits per heavy atom. The maximum atomic E-state index is 4.42. The van der Waals surface area contributed by atoms with Crippen LogP contribution in [0.1, 0.15) is 33.1 Å². The predicted octanol–water partition coefficient (Wildman–Crippen LogP) is 2.59. The van der Waals surface area contributed by atoms with E-state index in [9.17, 15) is 0 Å². The Morgan fingerprint density at radius 2 is 2.27 bits per heavy atom. The highest BCUT2D eigenvalue weighted by atomic mass is 32.1. The van der Waals surface area contributed by atoms with Gasteiger partial charge in [-0.3, -0.25) is 4.31 Å². The van der Waals surface area contributed by atoms with E-state index >= 15 is 0 Å². The number of rotatable bonds is 1. The first-order valence-electron chi connectivity index (χ1n) is 4.67. The molecule has 0 spiro atoms. The lowest BCUT2D eigenvalue weighted by Gasteiger charge is -2.21. The molecule has 66 valence electrons. The Hall–Kier alpha value is 0.310. The lowest BCUT2D eigenvalue weighted by molar-refractivity contribution is 0.315. The standard InChI is InChI=1S/C9H19NS/c1-3-9-7-10(11)6-4-5-8(9)2/h8-9,11H,3-7H2,1-2H3. The van der Waals surface area contributed by atoms with Crippen molar-refractivity contribution in [3.05, 3.63) is 0 Å². The number of thiol groups is 1. The second kappa shape index (κ2) is 4.36. The molecule has 0 saturated carbocycles. The van der Waals surface area contributed by atoms with Gasteiger partial charge < -0.3 is 0 Å². The summed E-state index contributed by atoms with van der Waals surface area (Å²) in [7, 11) is 0. The third-order valence-electron chi connectivity index (χ3n) is 2.85. The first kappa shape index (κ1) is 9.40. The monoisotopic (exact) mass is 173 g/mol. The van der Waals surface area contributed by atoms with Gasteiger partial charge in [-0.15, -0.1) is 0 Å². The first-order chi connectivity index (χ1) is 5.24. The van der Waals surface area contributed by atoms with Crippen LogP contribution in [0.25, 0.3) is 0 Å².